The van der Waals surface area contributed by atoms with E-state index in [-0.39, 0.29) is 6.03 Å². The first kappa shape index (κ1) is 16.4. The molecule has 7 heteroatoms. The van der Waals surface area contributed by atoms with E-state index < -0.39 is 0 Å². The maximum atomic E-state index is 12.0. The predicted molar refractivity (Wildman–Crippen MR) is 86.9 cm³/mol. The van der Waals surface area contributed by atoms with E-state index in [1.54, 1.807) is 11.9 Å². The minimum atomic E-state index is -0.0889. The summed E-state index contributed by atoms with van der Waals surface area (Å²) in [7, 11) is 3.69. The van der Waals surface area contributed by atoms with Crippen molar-refractivity contribution in [2.75, 3.05) is 13.6 Å². The molecule has 0 radical (unpaired) electrons. The van der Waals surface area contributed by atoms with Crippen molar-refractivity contribution in [1.29, 1.82) is 0 Å². The first-order valence-electron chi connectivity index (χ1n) is 7.24. The van der Waals surface area contributed by atoms with Gasteiger partial charge in [-0.2, -0.15) is 5.10 Å². The molecular formula is C15H22ClN5O. The lowest BCUT2D eigenvalue weighted by molar-refractivity contribution is 0.205. The Morgan fingerprint density at radius 1 is 1.45 bits per heavy atom. The van der Waals surface area contributed by atoms with Crippen molar-refractivity contribution in [2.45, 2.75) is 26.4 Å². The predicted octanol–water partition coefficient (Wildman–Crippen LogP) is 2.42. The molecule has 2 amide bonds. The number of carbonyl (C=O) groups excluding carboxylic acids is 1. The van der Waals surface area contributed by atoms with E-state index in [1.165, 1.54) is 0 Å². The molecule has 2 aromatic heterocycles. The van der Waals surface area contributed by atoms with Crippen molar-refractivity contribution in [3.05, 3.63) is 40.9 Å². The Balaban J connectivity index is 1.71. The number of rotatable bonds is 6. The van der Waals surface area contributed by atoms with Crippen LogP contribution in [0.3, 0.4) is 0 Å². The molecule has 1 N–H and O–H groups in total. The minimum absolute atomic E-state index is 0.0889. The van der Waals surface area contributed by atoms with Crippen LogP contribution in [-0.4, -0.2) is 38.9 Å². The summed E-state index contributed by atoms with van der Waals surface area (Å²) in [6.45, 7) is 3.95. The van der Waals surface area contributed by atoms with Crippen LogP contribution in [0.15, 0.2) is 24.7 Å². The molecule has 2 heterocycles. The van der Waals surface area contributed by atoms with Gasteiger partial charge in [-0.25, -0.2) is 4.79 Å². The minimum Gasteiger partial charge on any atom is -0.351 e. The molecule has 0 spiro atoms. The third kappa shape index (κ3) is 4.53. The lowest BCUT2D eigenvalue weighted by Crippen LogP contribution is -2.37. The molecule has 0 aliphatic carbocycles. The normalized spacial score (nSPS) is 10.7. The zero-order valence-corrected chi connectivity index (χ0v) is 14.0. The highest BCUT2D eigenvalue weighted by molar-refractivity contribution is 6.30. The maximum absolute atomic E-state index is 12.0. The van der Waals surface area contributed by atoms with Crippen LogP contribution in [0, 0.1) is 6.92 Å². The zero-order chi connectivity index (χ0) is 16.1. The molecule has 0 saturated heterocycles. The summed E-state index contributed by atoms with van der Waals surface area (Å²) in [5.74, 6) is 0. The van der Waals surface area contributed by atoms with Gasteiger partial charge in [0.15, 0.2) is 0 Å². The van der Waals surface area contributed by atoms with Crippen LogP contribution in [0.2, 0.25) is 5.02 Å². The van der Waals surface area contributed by atoms with Crippen molar-refractivity contribution >= 4 is 17.6 Å². The Bertz CT molecular complexity index is 634. The summed E-state index contributed by atoms with van der Waals surface area (Å²) >= 11 is 5.94. The van der Waals surface area contributed by atoms with E-state index in [1.807, 2.05) is 47.9 Å². The van der Waals surface area contributed by atoms with Gasteiger partial charge in [0.2, 0.25) is 0 Å². The molecule has 0 bridgehead atoms. The highest BCUT2D eigenvalue weighted by Crippen LogP contribution is 2.14. The van der Waals surface area contributed by atoms with E-state index >= 15 is 0 Å². The van der Waals surface area contributed by atoms with E-state index in [4.69, 9.17) is 11.6 Å². The fourth-order valence-corrected chi connectivity index (χ4v) is 2.47. The number of aryl methyl sites for hydroxylation is 3. The average Bonchev–Trinajstić information content (AvgIpc) is 3.00. The monoisotopic (exact) mass is 323 g/mol. The fourth-order valence-electron chi connectivity index (χ4n) is 2.20. The lowest BCUT2D eigenvalue weighted by Gasteiger charge is -2.18. The summed E-state index contributed by atoms with van der Waals surface area (Å²) in [6.07, 6.45) is 6.50. The summed E-state index contributed by atoms with van der Waals surface area (Å²) in [5.41, 5.74) is 2.14. The van der Waals surface area contributed by atoms with Crippen LogP contribution in [0.25, 0.3) is 0 Å². The van der Waals surface area contributed by atoms with Crippen molar-refractivity contribution in [3.8, 4) is 0 Å². The quantitative estimate of drug-likeness (QED) is 0.830. The first-order chi connectivity index (χ1) is 10.5. The number of amides is 2. The fraction of sp³-hybridized carbons (Fsp3) is 0.467. The number of urea groups is 1. The van der Waals surface area contributed by atoms with E-state index in [0.717, 1.165) is 24.2 Å². The van der Waals surface area contributed by atoms with E-state index in [0.29, 0.717) is 18.1 Å². The summed E-state index contributed by atoms with van der Waals surface area (Å²) < 4.78 is 3.81. The molecule has 0 aliphatic rings. The molecule has 120 valence electrons. The van der Waals surface area contributed by atoms with Crippen LogP contribution in [0.5, 0.6) is 0 Å². The van der Waals surface area contributed by atoms with Gasteiger partial charge in [0.05, 0.1) is 17.8 Å². The number of carbonyl (C=O) groups is 1. The third-order valence-corrected chi connectivity index (χ3v) is 3.63. The van der Waals surface area contributed by atoms with Gasteiger partial charge in [-0.3, -0.25) is 4.68 Å². The molecule has 22 heavy (non-hydrogen) atoms. The number of nitrogens with zero attached hydrogens (tertiary/aromatic N) is 4. The summed E-state index contributed by atoms with van der Waals surface area (Å²) in [4.78, 5) is 13.7. The molecule has 6 nitrogen and oxygen atoms in total. The first-order valence-corrected chi connectivity index (χ1v) is 7.62. The van der Waals surface area contributed by atoms with Crippen LogP contribution in [0.4, 0.5) is 4.79 Å². The Labute approximate surface area is 135 Å². The number of halogens is 1. The van der Waals surface area contributed by atoms with Gasteiger partial charge in [-0.05, 0) is 25.0 Å². The molecule has 0 atom stereocenters. The van der Waals surface area contributed by atoms with Crippen molar-refractivity contribution in [2.24, 2.45) is 7.05 Å². The smallest absolute Gasteiger partial charge is 0.317 e. The Morgan fingerprint density at radius 2 is 2.23 bits per heavy atom. The maximum Gasteiger partial charge on any atom is 0.317 e. The molecule has 0 unspecified atom stereocenters. The van der Waals surface area contributed by atoms with Crippen molar-refractivity contribution in [3.63, 3.8) is 0 Å². The summed E-state index contributed by atoms with van der Waals surface area (Å²) in [5, 5.41) is 7.80. The number of hydrogen-bond donors (Lipinski definition) is 1. The van der Waals surface area contributed by atoms with E-state index in [9.17, 15) is 4.79 Å². The topological polar surface area (TPSA) is 55.1 Å². The number of aromatic nitrogens is 3. The Kier molecular flexibility index (Phi) is 5.49. The standard InChI is InChI=1S/C15H22ClN5O/c1-12-8-18-21(9-12)6-4-5-17-15(22)20(3)11-14-7-13(16)10-19(14)2/h7-10H,4-6,11H2,1-3H3,(H,17,22). The Hall–Kier alpha value is -1.95. The number of hydrogen-bond acceptors (Lipinski definition) is 2. The molecule has 0 saturated carbocycles. The second-order valence-electron chi connectivity index (χ2n) is 5.48. The zero-order valence-electron chi connectivity index (χ0n) is 13.2. The van der Waals surface area contributed by atoms with Crippen LogP contribution in [-0.2, 0) is 20.1 Å². The van der Waals surface area contributed by atoms with Crippen LogP contribution >= 0.6 is 11.6 Å². The highest BCUT2D eigenvalue weighted by Gasteiger charge is 2.11. The van der Waals surface area contributed by atoms with E-state index in [2.05, 4.69) is 10.4 Å². The largest absolute Gasteiger partial charge is 0.351 e. The molecule has 0 aromatic carbocycles. The average molecular weight is 324 g/mol. The van der Waals surface area contributed by atoms with Crippen molar-refractivity contribution < 1.29 is 4.79 Å². The van der Waals surface area contributed by atoms with Gasteiger partial charge in [-0.15, -0.1) is 0 Å². The molecule has 2 rings (SSSR count). The van der Waals surface area contributed by atoms with Crippen molar-refractivity contribution in [1.82, 2.24) is 24.6 Å². The molecule has 0 aliphatic heterocycles. The van der Waals surface area contributed by atoms with Crippen LogP contribution in [0.1, 0.15) is 17.7 Å². The van der Waals surface area contributed by atoms with Gasteiger partial charge in [0.1, 0.15) is 0 Å². The summed E-state index contributed by atoms with van der Waals surface area (Å²) in [6, 6.07) is 1.78. The third-order valence-electron chi connectivity index (χ3n) is 3.42. The Morgan fingerprint density at radius 3 is 2.82 bits per heavy atom. The molecule has 0 fully saturated rings. The second-order valence-corrected chi connectivity index (χ2v) is 5.92. The number of nitrogens with one attached hydrogen (secondary N) is 1. The van der Waals surface area contributed by atoms with Gasteiger partial charge in [0.25, 0.3) is 0 Å². The SMILES string of the molecule is Cc1cnn(CCCNC(=O)N(C)Cc2cc(Cl)cn2C)c1. The second kappa shape index (κ2) is 7.35. The van der Waals surface area contributed by atoms with Gasteiger partial charge >= 0.3 is 6.03 Å². The van der Waals surface area contributed by atoms with Gasteiger partial charge in [-0.1, -0.05) is 11.6 Å². The molecule has 2 aromatic rings. The van der Waals surface area contributed by atoms with Gasteiger partial charge in [0, 0.05) is 45.3 Å². The lowest BCUT2D eigenvalue weighted by atomic mass is 10.4. The highest BCUT2D eigenvalue weighted by atomic mass is 35.5. The van der Waals surface area contributed by atoms with Gasteiger partial charge < -0.3 is 14.8 Å². The van der Waals surface area contributed by atoms with Crippen LogP contribution < -0.4 is 5.32 Å². The molecular weight excluding hydrogens is 302 g/mol.